The molecule has 1 aromatic rings. The van der Waals surface area contributed by atoms with E-state index in [2.05, 4.69) is 15.9 Å². The molecule has 0 atom stereocenters. The maximum atomic E-state index is 12.9. The Hall–Kier alpha value is -1.30. The molecule has 0 aliphatic rings. The Labute approximate surface area is 86.7 Å². The van der Waals surface area contributed by atoms with E-state index >= 15 is 0 Å². The van der Waals surface area contributed by atoms with Crippen molar-refractivity contribution in [2.75, 3.05) is 0 Å². The molecule has 1 rings (SSSR count). The van der Waals surface area contributed by atoms with Crippen LogP contribution in [0.3, 0.4) is 0 Å². The molecule has 0 heterocycles. The highest BCUT2D eigenvalue weighted by Gasteiger charge is 2.17. The molecular weight excluding hydrogens is 259 g/mol. The summed E-state index contributed by atoms with van der Waals surface area (Å²) in [7, 11) is 0. The molecule has 0 aromatic heterocycles. The molecule has 1 aromatic carbocycles. The van der Waals surface area contributed by atoms with Crippen LogP contribution in [-0.4, -0.2) is 21.3 Å². The van der Waals surface area contributed by atoms with Gasteiger partial charge in [0.15, 0.2) is 17.3 Å². The summed E-state index contributed by atoms with van der Waals surface area (Å²) in [6.07, 6.45) is -0.488. The Morgan fingerprint density at radius 2 is 2.00 bits per heavy atom. The van der Waals surface area contributed by atoms with Gasteiger partial charge in [-0.25, -0.2) is 4.39 Å². The number of aromatic hydroxyl groups is 2. The van der Waals surface area contributed by atoms with E-state index in [4.69, 9.17) is 10.2 Å². The van der Waals surface area contributed by atoms with Crippen molar-refractivity contribution < 1.29 is 24.5 Å². The predicted molar refractivity (Wildman–Crippen MR) is 48.8 cm³/mol. The van der Waals surface area contributed by atoms with Crippen LogP contribution in [0.15, 0.2) is 10.5 Å². The van der Waals surface area contributed by atoms with Crippen molar-refractivity contribution in [3.8, 4) is 11.5 Å². The van der Waals surface area contributed by atoms with Crippen LogP contribution >= 0.6 is 15.9 Å². The molecule has 0 spiro atoms. The average Bonchev–Trinajstić information content (AvgIpc) is 2.10. The number of benzene rings is 1. The summed E-state index contributed by atoms with van der Waals surface area (Å²) in [6.45, 7) is 0. The topological polar surface area (TPSA) is 77.8 Å². The van der Waals surface area contributed by atoms with Gasteiger partial charge in [0.1, 0.15) is 0 Å². The standard InChI is InChI=1S/C8H6BrFO4/c9-4-1-3(2-5(11)12)7(13)8(14)6(4)10/h1,13-14H,2H2,(H,11,12). The Bertz CT molecular complexity index is 391. The molecular formula is C8H6BrFO4. The molecule has 0 saturated carbocycles. The zero-order valence-corrected chi connectivity index (χ0v) is 8.38. The van der Waals surface area contributed by atoms with Gasteiger partial charge in [0.2, 0.25) is 0 Å². The summed E-state index contributed by atoms with van der Waals surface area (Å²) >= 11 is 2.78. The molecule has 0 unspecified atom stereocenters. The molecule has 0 aliphatic heterocycles. The fourth-order valence-electron chi connectivity index (χ4n) is 0.952. The second-order valence-electron chi connectivity index (χ2n) is 2.60. The molecule has 0 saturated heterocycles. The molecule has 0 bridgehead atoms. The van der Waals surface area contributed by atoms with E-state index in [-0.39, 0.29) is 10.0 Å². The van der Waals surface area contributed by atoms with Gasteiger partial charge in [-0.2, -0.15) is 0 Å². The average molecular weight is 265 g/mol. The minimum atomic E-state index is -1.18. The molecule has 4 nitrogen and oxygen atoms in total. The normalized spacial score (nSPS) is 10.1. The van der Waals surface area contributed by atoms with Crippen molar-refractivity contribution in [3.05, 3.63) is 21.9 Å². The van der Waals surface area contributed by atoms with Gasteiger partial charge in [0.25, 0.3) is 0 Å². The van der Waals surface area contributed by atoms with Crippen molar-refractivity contribution in [2.45, 2.75) is 6.42 Å². The van der Waals surface area contributed by atoms with E-state index in [1.165, 1.54) is 0 Å². The summed E-state index contributed by atoms with van der Waals surface area (Å²) in [5.74, 6) is -3.89. The van der Waals surface area contributed by atoms with E-state index < -0.39 is 29.7 Å². The Morgan fingerprint density at radius 1 is 1.43 bits per heavy atom. The number of aliphatic carboxylic acids is 1. The van der Waals surface area contributed by atoms with Crippen molar-refractivity contribution in [1.29, 1.82) is 0 Å². The number of rotatable bonds is 2. The van der Waals surface area contributed by atoms with Crippen LogP contribution in [0, 0.1) is 5.82 Å². The van der Waals surface area contributed by atoms with Crippen LogP contribution < -0.4 is 0 Å². The maximum Gasteiger partial charge on any atom is 0.307 e. The Morgan fingerprint density at radius 3 is 2.50 bits per heavy atom. The van der Waals surface area contributed by atoms with Crippen LogP contribution in [0.1, 0.15) is 5.56 Å². The lowest BCUT2D eigenvalue weighted by Gasteiger charge is -2.06. The first-order valence-corrected chi connectivity index (χ1v) is 4.33. The molecule has 0 radical (unpaired) electrons. The molecule has 6 heteroatoms. The number of carbonyl (C=O) groups is 1. The first-order valence-electron chi connectivity index (χ1n) is 3.54. The van der Waals surface area contributed by atoms with Crippen LogP contribution in [0.2, 0.25) is 0 Å². The first kappa shape index (κ1) is 10.8. The quantitative estimate of drug-likeness (QED) is 0.710. The van der Waals surface area contributed by atoms with E-state index in [1.54, 1.807) is 0 Å². The van der Waals surface area contributed by atoms with Crippen LogP contribution in [0.4, 0.5) is 4.39 Å². The summed E-state index contributed by atoms with van der Waals surface area (Å²) in [6, 6.07) is 1.11. The predicted octanol–water partition coefficient (Wildman–Crippen LogP) is 1.63. The third-order valence-corrected chi connectivity index (χ3v) is 2.17. The van der Waals surface area contributed by atoms with Gasteiger partial charge in [0, 0.05) is 5.56 Å². The smallest absolute Gasteiger partial charge is 0.307 e. The summed E-state index contributed by atoms with van der Waals surface area (Å²) in [4.78, 5) is 10.3. The van der Waals surface area contributed by atoms with Gasteiger partial charge in [-0.1, -0.05) is 0 Å². The Balaban J connectivity index is 3.25. The fourth-order valence-corrected chi connectivity index (χ4v) is 1.42. The lowest BCUT2D eigenvalue weighted by Crippen LogP contribution is -2.01. The highest BCUT2D eigenvalue weighted by molar-refractivity contribution is 9.10. The summed E-state index contributed by atoms with van der Waals surface area (Å²) < 4.78 is 12.8. The highest BCUT2D eigenvalue weighted by atomic mass is 79.9. The third-order valence-electron chi connectivity index (χ3n) is 1.59. The molecule has 14 heavy (non-hydrogen) atoms. The van der Waals surface area contributed by atoms with Crippen molar-refractivity contribution in [1.82, 2.24) is 0 Å². The number of carboxylic acids is 1. The number of carboxylic acid groups (broad SMARTS) is 1. The van der Waals surface area contributed by atoms with E-state index in [0.717, 1.165) is 6.07 Å². The Kier molecular flexibility index (Phi) is 2.95. The van der Waals surface area contributed by atoms with Gasteiger partial charge >= 0.3 is 5.97 Å². The van der Waals surface area contributed by atoms with Gasteiger partial charge in [-0.15, -0.1) is 0 Å². The van der Waals surface area contributed by atoms with Crippen molar-refractivity contribution in [3.63, 3.8) is 0 Å². The van der Waals surface area contributed by atoms with E-state index in [9.17, 15) is 14.3 Å². The maximum absolute atomic E-state index is 12.9. The number of hydrogen-bond acceptors (Lipinski definition) is 3. The largest absolute Gasteiger partial charge is 0.504 e. The van der Waals surface area contributed by atoms with Crippen molar-refractivity contribution in [2.24, 2.45) is 0 Å². The van der Waals surface area contributed by atoms with E-state index in [1.807, 2.05) is 0 Å². The summed E-state index contributed by atoms with van der Waals surface area (Å²) in [5, 5.41) is 26.7. The lowest BCUT2D eigenvalue weighted by molar-refractivity contribution is -0.136. The molecule has 0 aliphatic carbocycles. The monoisotopic (exact) mass is 264 g/mol. The zero-order valence-electron chi connectivity index (χ0n) is 6.79. The van der Waals surface area contributed by atoms with Gasteiger partial charge in [0.05, 0.1) is 10.9 Å². The van der Waals surface area contributed by atoms with Crippen molar-refractivity contribution >= 4 is 21.9 Å². The zero-order chi connectivity index (χ0) is 10.9. The molecule has 0 amide bonds. The van der Waals surface area contributed by atoms with Crippen LogP contribution in [0.5, 0.6) is 11.5 Å². The molecule has 76 valence electrons. The minimum absolute atomic E-state index is 0.0525. The molecule has 0 fully saturated rings. The van der Waals surface area contributed by atoms with Crippen LogP contribution in [-0.2, 0) is 11.2 Å². The van der Waals surface area contributed by atoms with E-state index in [0.29, 0.717) is 0 Å². The first-order chi connectivity index (χ1) is 6.43. The van der Waals surface area contributed by atoms with Gasteiger partial charge < -0.3 is 15.3 Å². The second kappa shape index (κ2) is 3.83. The fraction of sp³-hybridized carbons (Fsp3) is 0.125. The number of hydrogen-bond donors (Lipinski definition) is 3. The van der Waals surface area contributed by atoms with Gasteiger partial charge in [-0.05, 0) is 22.0 Å². The second-order valence-corrected chi connectivity index (χ2v) is 3.45. The number of halogens is 2. The van der Waals surface area contributed by atoms with Gasteiger partial charge in [-0.3, -0.25) is 4.79 Å². The minimum Gasteiger partial charge on any atom is -0.504 e. The number of phenolic OH excluding ortho intramolecular Hbond substituents is 2. The third kappa shape index (κ3) is 1.95. The number of phenols is 2. The molecule has 3 N–H and O–H groups in total. The van der Waals surface area contributed by atoms with Crippen LogP contribution in [0.25, 0.3) is 0 Å². The summed E-state index contributed by atoms with van der Waals surface area (Å²) in [5.41, 5.74) is -0.0525. The lowest BCUT2D eigenvalue weighted by atomic mass is 10.1. The highest BCUT2D eigenvalue weighted by Crippen LogP contribution is 2.36. The SMILES string of the molecule is O=C(O)Cc1cc(Br)c(F)c(O)c1O.